The van der Waals surface area contributed by atoms with E-state index in [0.717, 1.165) is 12.8 Å². The summed E-state index contributed by atoms with van der Waals surface area (Å²) < 4.78 is 0. The first-order chi connectivity index (χ1) is 6.77. The van der Waals surface area contributed by atoms with Crippen LogP contribution in [0.5, 0.6) is 0 Å². The molecule has 1 aromatic heterocycles. The highest BCUT2D eigenvalue weighted by Crippen LogP contribution is 2.31. The maximum Gasteiger partial charge on any atom is 0.286 e. The van der Waals surface area contributed by atoms with Crippen LogP contribution < -0.4 is 5.73 Å². The second kappa shape index (κ2) is 3.69. The van der Waals surface area contributed by atoms with Gasteiger partial charge in [0.15, 0.2) is 0 Å². The van der Waals surface area contributed by atoms with Gasteiger partial charge in [-0.15, -0.1) is 0 Å². The molecular weight excluding hydrogens is 180 g/mol. The summed E-state index contributed by atoms with van der Waals surface area (Å²) >= 11 is 0. The van der Waals surface area contributed by atoms with E-state index in [-0.39, 0.29) is 5.82 Å². The van der Waals surface area contributed by atoms with Gasteiger partial charge in [0.2, 0.25) is 5.82 Å². The number of hydrogen-bond acceptors (Lipinski definition) is 4. The highest BCUT2D eigenvalue weighted by molar-refractivity contribution is 5.88. The van der Waals surface area contributed by atoms with Crippen LogP contribution in [0, 0.1) is 0 Å². The molecule has 1 aliphatic carbocycles. The Hall–Kier alpha value is -1.52. The molecule has 2 N–H and O–H groups in total. The Kier molecular flexibility index (Phi) is 2.39. The minimum atomic E-state index is -0.591. The number of aromatic nitrogens is 3. The van der Waals surface area contributed by atoms with Crippen LogP contribution >= 0.6 is 0 Å². The third-order valence-corrected chi connectivity index (χ3v) is 2.53. The second-order valence-corrected chi connectivity index (χ2v) is 3.51. The van der Waals surface area contributed by atoms with E-state index in [4.69, 9.17) is 5.73 Å². The molecule has 14 heavy (non-hydrogen) atoms. The van der Waals surface area contributed by atoms with Gasteiger partial charge in [-0.2, -0.15) is 0 Å². The molecule has 74 valence electrons. The van der Waals surface area contributed by atoms with E-state index in [9.17, 15) is 4.79 Å². The molecule has 1 aromatic rings. The molecule has 2 rings (SSSR count). The number of primary amides is 1. The zero-order valence-corrected chi connectivity index (χ0v) is 7.81. The van der Waals surface area contributed by atoms with E-state index < -0.39 is 5.91 Å². The summed E-state index contributed by atoms with van der Waals surface area (Å²) in [6.45, 7) is 0. The summed E-state index contributed by atoms with van der Waals surface area (Å²) in [6.07, 6.45) is 5.98. The molecule has 1 aliphatic rings. The summed E-state index contributed by atoms with van der Waals surface area (Å²) in [5.41, 5.74) is 5.09. The van der Waals surface area contributed by atoms with Crippen molar-refractivity contribution in [2.24, 2.45) is 5.73 Å². The van der Waals surface area contributed by atoms with Crippen molar-refractivity contribution >= 4 is 5.91 Å². The lowest BCUT2D eigenvalue weighted by molar-refractivity contribution is 0.0989. The highest BCUT2D eigenvalue weighted by Gasteiger charge is 2.20. The Morgan fingerprint density at radius 3 is 2.71 bits per heavy atom. The van der Waals surface area contributed by atoms with E-state index in [1.165, 1.54) is 19.2 Å². The molecule has 1 heterocycles. The van der Waals surface area contributed by atoms with Crippen molar-refractivity contribution < 1.29 is 4.79 Å². The molecule has 0 unspecified atom stereocenters. The van der Waals surface area contributed by atoms with Crippen molar-refractivity contribution in [2.75, 3.05) is 0 Å². The number of carbonyl (C=O) groups is 1. The van der Waals surface area contributed by atoms with Crippen LogP contribution in [0.4, 0.5) is 0 Å². The fraction of sp³-hybridized carbons (Fsp3) is 0.556. The third-order valence-electron chi connectivity index (χ3n) is 2.53. The molecule has 0 radical (unpaired) electrons. The first-order valence-electron chi connectivity index (χ1n) is 4.76. The standard InChI is InChI=1S/C9H12N4O/c10-7(14)9-12-5-11-8(13-9)6-3-1-2-4-6/h5-6H,1-4H2,(H2,10,14). The zero-order chi connectivity index (χ0) is 9.97. The molecule has 5 heteroatoms. The SMILES string of the molecule is NC(=O)c1ncnc(C2CCCC2)n1. The second-order valence-electron chi connectivity index (χ2n) is 3.51. The number of nitrogens with zero attached hydrogens (tertiary/aromatic N) is 3. The van der Waals surface area contributed by atoms with Gasteiger partial charge in [0.05, 0.1) is 0 Å². The van der Waals surface area contributed by atoms with Gasteiger partial charge in [-0.05, 0) is 12.8 Å². The molecule has 1 amide bonds. The quantitative estimate of drug-likeness (QED) is 0.745. The number of hydrogen-bond donors (Lipinski definition) is 1. The smallest absolute Gasteiger partial charge is 0.286 e. The Morgan fingerprint density at radius 1 is 1.36 bits per heavy atom. The van der Waals surface area contributed by atoms with Gasteiger partial charge in [0.25, 0.3) is 5.91 Å². The minimum absolute atomic E-state index is 0.0712. The largest absolute Gasteiger partial charge is 0.363 e. The lowest BCUT2D eigenvalue weighted by atomic mass is 10.1. The Labute approximate surface area is 81.8 Å². The monoisotopic (exact) mass is 192 g/mol. The summed E-state index contributed by atoms with van der Waals surface area (Å²) in [5, 5.41) is 0. The van der Waals surface area contributed by atoms with Crippen LogP contribution in [-0.4, -0.2) is 20.9 Å². The maximum absolute atomic E-state index is 10.8. The summed E-state index contributed by atoms with van der Waals surface area (Å²) in [7, 11) is 0. The van der Waals surface area contributed by atoms with Gasteiger partial charge >= 0.3 is 0 Å². The molecule has 5 nitrogen and oxygen atoms in total. The van der Waals surface area contributed by atoms with E-state index in [0.29, 0.717) is 11.7 Å². The van der Waals surface area contributed by atoms with Crippen molar-refractivity contribution in [3.05, 3.63) is 18.0 Å². The molecule has 0 atom stereocenters. The molecule has 0 bridgehead atoms. The van der Waals surface area contributed by atoms with Crippen LogP contribution in [0.25, 0.3) is 0 Å². The lowest BCUT2D eigenvalue weighted by Crippen LogP contribution is -2.17. The number of rotatable bonds is 2. The average molecular weight is 192 g/mol. The Bertz CT molecular complexity index is 346. The summed E-state index contributed by atoms with van der Waals surface area (Å²) in [6, 6.07) is 0. The van der Waals surface area contributed by atoms with Gasteiger partial charge < -0.3 is 5.73 Å². The van der Waals surface area contributed by atoms with Crippen LogP contribution in [0.2, 0.25) is 0 Å². The van der Waals surface area contributed by atoms with E-state index in [1.807, 2.05) is 0 Å². The molecular formula is C9H12N4O. The first-order valence-corrected chi connectivity index (χ1v) is 4.76. The Morgan fingerprint density at radius 2 is 2.07 bits per heavy atom. The van der Waals surface area contributed by atoms with Crippen molar-refractivity contribution in [1.29, 1.82) is 0 Å². The topological polar surface area (TPSA) is 81.8 Å². The number of nitrogens with two attached hydrogens (primary N) is 1. The fourth-order valence-electron chi connectivity index (χ4n) is 1.81. The van der Waals surface area contributed by atoms with E-state index in [1.54, 1.807) is 0 Å². The predicted molar refractivity (Wildman–Crippen MR) is 49.6 cm³/mol. The maximum atomic E-state index is 10.8. The van der Waals surface area contributed by atoms with Crippen LogP contribution in [0.3, 0.4) is 0 Å². The lowest BCUT2D eigenvalue weighted by Gasteiger charge is -2.06. The summed E-state index contributed by atoms with van der Waals surface area (Å²) in [5.74, 6) is 0.580. The molecule has 1 fully saturated rings. The first kappa shape index (κ1) is 9.05. The molecule has 1 saturated carbocycles. The van der Waals surface area contributed by atoms with Gasteiger partial charge in [0.1, 0.15) is 12.2 Å². The Balaban J connectivity index is 2.25. The fourth-order valence-corrected chi connectivity index (χ4v) is 1.81. The number of carbonyl (C=O) groups excluding carboxylic acids is 1. The van der Waals surface area contributed by atoms with E-state index >= 15 is 0 Å². The summed E-state index contributed by atoms with van der Waals surface area (Å²) in [4.78, 5) is 22.7. The molecule has 0 aromatic carbocycles. The predicted octanol–water partition coefficient (Wildman–Crippen LogP) is 0.628. The average Bonchev–Trinajstić information content (AvgIpc) is 2.71. The van der Waals surface area contributed by atoms with Crippen LogP contribution in [-0.2, 0) is 0 Å². The minimum Gasteiger partial charge on any atom is -0.363 e. The van der Waals surface area contributed by atoms with Gasteiger partial charge in [-0.25, -0.2) is 15.0 Å². The molecule has 0 aliphatic heterocycles. The van der Waals surface area contributed by atoms with E-state index in [2.05, 4.69) is 15.0 Å². The van der Waals surface area contributed by atoms with Gasteiger partial charge in [-0.3, -0.25) is 4.79 Å². The van der Waals surface area contributed by atoms with Crippen LogP contribution in [0.1, 0.15) is 48.0 Å². The highest BCUT2D eigenvalue weighted by atomic mass is 16.1. The number of amides is 1. The normalized spacial score (nSPS) is 17.1. The van der Waals surface area contributed by atoms with Crippen molar-refractivity contribution in [2.45, 2.75) is 31.6 Å². The van der Waals surface area contributed by atoms with Crippen LogP contribution in [0.15, 0.2) is 6.33 Å². The van der Waals surface area contributed by atoms with Crippen molar-refractivity contribution in [3.8, 4) is 0 Å². The molecule has 0 saturated heterocycles. The van der Waals surface area contributed by atoms with Gasteiger partial charge in [-0.1, -0.05) is 12.8 Å². The van der Waals surface area contributed by atoms with Crippen molar-refractivity contribution in [1.82, 2.24) is 15.0 Å². The van der Waals surface area contributed by atoms with Gasteiger partial charge in [0, 0.05) is 5.92 Å². The zero-order valence-electron chi connectivity index (χ0n) is 7.81. The van der Waals surface area contributed by atoms with Crippen molar-refractivity contribution in [3.63, 3.8) is 0 Å². The third kappa shape index (κ3) is 1.71. The molecule has 0 spiro atoms.